The highest BCUT2D eigenvalue weighted by molar-refractivity contribution is 8.25. The Bertz CT molecular complexity index is 253. The maximum absolute atomic E-state index is 12.1. The molecule has 0 aromatic rings. The molecule has 3 nitrogen and oxygen atoms in total. The molecule has 0 atom stereocenters. The fourth-order valence-electron chi connectivity index (χ4n) is 1.18. The summed E-state index contributed by atoms with van der Waals surface area (Å²) < 4.78 is 22.5. The molecule has 0 saturated carbocycles. The van der Waals surface area contributed by atoms with Gasteiger partial charge in [0.25, 0.3) is 0 Å². The van der Waals surface area contributed by atoms with Gasteiger partial charge in [-0.1, -0.05) is 12.2 Å². The first-order chi connectivity index (χ1) is 6.70. The van der Waals surface area contributed by atoms with Gasteiger partial charge in [0.2, 0.25) is 0 Å². The van der Waals surface area contributed by atoms with E-state index >= 15 is 0 Å². The smallest absolute Gasteiger partial charge is 0.308 e. The zero-order valence-corrected chi connectivity index (χ0v) is 10.3. The van der Waals surface area contributed by atoms with Crippen molar-refractivity contribution >= 4 is 18.5 Å². The van der Waals surface area contributed by atoms with Crippen LogP contribution in [0.1, 0.15) is 13.8 Å². The van der Waals surface area contributed by atoms with E-state index in [1.165, 1.54) is 0 Å². The first-order valence-electron chi connectivity index (χ1n) is 4.69. The molecule has 82 valence electrons. The molecule has 0 radical (unpaired) electrons. The van der Waals surface area contributed by atoms with Crippen molar-refractivity contribution in [3.8, 4) is 0 Å². The van der Waals surface area contributed by atoms with Crippen molar-refractivity contribution < 1.29 is 13.6 Å². The van der Waals surface area contributed by atoms with Crippen molar-refractivity contribution in [3.05, 3.63) is 23.0 Å². The summed E-state index contributed by atoms with van der Waals surface area (Å²) in [7, 11) is -3.27. The predicted octanol–water partition coefficient (Wildman–Crippen LogP) is 3.25. The van der Waals surface area contributed by atoms with E-state index in [1.807, 2.05) is 26.0 Å². The minimum Gasteiger partial charge on any atom is -0.308 e. The fourth-order valence-corrected chi connectivity index (χ4v) is 5.79. The van der Waals surface area contributed by atoms with Gasteiger partial charge in [0.1, 0.15) is 0 Å². The Kier molecular flexibility index (Phi) is 4.96. The molecule has 0 amide bonds. The van der Waals surface area contributed by atoms with Crippen LogP contribution in [0.5, 0.6) is 0 Å². The molecule has 1 heterocycles. The maximum atomic E-state index is 12.1. The van der Waals surface area contributed by atoms with Crippen LogP contribution in [0.2, 0.25) is 0 Å². The summed E-state index contributed by atoms with van der Waals surface area (Å²) in [6.45, 7) is 4.54. The molecular weight excluding hydrogens is 219 g/mol. The Hall–Kier alpha value is -0.0200. The van der Waals surface area contributed by atoms with Crippen LogP contribution in [-0.4, -0.2) is 18.7 Å². The highest BCUT2D eigenvalue weighted by atomic mass is 32.2. The van der Waals surface area contributed by atoms with E-state index in [1.54, 1.807) is 0 Å². The second kappa shape index (κ2) is 5.76. The lowest BCUT2D eigenvalue weighted by atomic mass is 10.6. The molecular formula is C9H17O3PS. The normalized spacial score (nSPS) is 18.0. The Morgan fingerprint density at radius 1 is 1.14 bits per heavy atom. The van der Waals surface area contributed by atoms with E-state index in [2.05, 4.69) is 10.8 Å². The molecule has 14 heavy (non-hydrogen) atoms. The van der Waals surface area contributed by atoms with Crippen molar-refractivity contribution in [2.45, 2.75) is 13.8 Å². The van der Waals surface area contributed by atoms with Crippen LogP contribution in [0.15, 0.2) is 23.0 Å². The summed E-state index contributed by atoms with van der Waals surface area (Å²) in [5.41, 5.74) is 0.511. The van der Waals surface area contributed by atoms with Crippen LogP contribution < -0.4 is 0 Å². The zero-order valence-electron chi connectivity index (χ0n) is 8.55. The van der Waals surface area contributed by atoms with E-state index in [4.69, 9.17) is 9.05 Å². The molecule has 0 aromatic heterocycles. The van der Waals surface area contributed by atoms with Crippen molar-refractivity contribution in [1.29, 1.82) is 0 Å². The third kappa shape index (κ3) is 3.62. The summed E-state index contributed by atoms with van der Waals surface area (Å²) in [4.78, 5) is 0. The lowest BCUT2D eigenvalue weighted by molar-refractivity contribution is 0.224. The number of allylic oxidation sites excluding steroid dienone is 2. The predicted molar refractivity (Wildman–Crippen MR) is 63.0 cm³/mol. The largest absolute Gasteiger partial charge is 0.339 e. The van der Waals surface area contributed by atoms with Crippen molar-refractivity contribution in [3.63, 3.8) is 0 Å². The molecule has 0 fully saturated rings. The highest BCUT2D eigenvalue weighted by Gasteiger charge is 2.25. The standard InChI is InChI=1S/C9H17O3PS/c1-3-11-13(10,12-4-2)9-14-7-5-6-8-14/h5-8,14H,3-4,9H2,1-2H3. The topological polar surface area (TPSA) is 35.5 Å². The summed E-state index contributed by atoms with van der Waals surface area (Å²) in [5.74, 6) is 0. The number of hydrogen-bond acceptors (Lipinski definition) is 3. The van der Waals surface area contributed by atoms with E-state index in [0.29, 0.717) is 18.7 Å². The molecule has 0 aromatic carbocycles. The summed E-state index contributed by atoms with van der Waals surface area (Å²) in [5, 5.41) is 4.14. The first kappa shape index (κ1) is 12.1. The third-order valence-corrected chi connectivity index (χ3v) is 6.76. The molecule has 0 unspecified atom stereocenters. The zero-order chi connectivity index (χ0) is 10.4. The summed E-state index contributed by atoms with van der Waals surface area (Å²) in [6, 6.07) is 0. The van der Waals surface area contributed by atoms with E-state index < -0.39 is 18.5 Å². The van der Waals surface area contributed by atoms with Crippen molar-refractivity contribution in [2.24, 2.45) is 0 Å². The van der Waals surface area contributed by atoms with Crippen LogP contribution in [0.25, 0.3) is 0 Å². The van der Waals surface area contributed by atoms with Gasteiger partial charge in [-0.05, 0) is 24.7 Å². The van der Waals surface area contributed by atoms with E-state index in [9.17, 15) is 4.57 Å². The van der Waals surface area contributed by atoms with Gasteiger partial charge in [-0.2, -0.15) is 0 Å². The minimum atomic E-state index is -2.84. The van der Waals surface area contributed by atoms with Gasteiger partial charge in [0.05, 0.1) is 18.7 Å². The van der Waals surface area contributed by atoms with Crippen LogP contribution in [-0.2, 0) is 13.6 Å². The van der Waals surface area contributed by atoms with Gasteiger partial charge in [0.15, 0.2) is 0 Å². The summed E-state index contributed by atoms with van der Waals surface area (Å²) >= 11 is 0. The van der Waals surface area contributed by atoms with Crippen molar-refractivity contribution in [1.82, 2.24) is 0 Å². The van der Waals surface area contributed by atoms with Crippen LogP contribution in [0.3, 0.4) is 0 Å². The number of thiol groups is 1. The van der Waals surface area contributed by atoms with Gasteiger partial charge in [0, 0.05) is 0 Å². The van der Waals surface area contributed by atoms with Crippen molar-refractivity contribution in [2.75, 3.05) is 18.7 Å². The van der Waals surface area contributed by atoms with Gasteiger partial charge in [-0.25, -0.2) is 10.9 Å². The highest BCUT2D eigenvalue weighted by Crippen LogP contribution is 2.56. The number of hydrogen-bond donors (Lipinski definition) is 1. The number of rotatable bonds is 6. The van der Waals surface area contributed by atoms with Gasteiger partial charge in [-0.3, -0.25) is 4.57 Å². The minimum absolute atomic E-state index is 0.430. The quantitative estimate of drug-likeness (QED) is 0.568. The molecule has 1 aliphatic heterocycles. The van der Waals surface area contributed by atoms with Gasteiger partial charge in [-0.15, -0.1) is 0 Å². The third-order valence-electron chi connectivity index (χ3n) is 1.65. The Morgan fingerprint density at radius 3 is 2.07 bits per heavy atom. The molecule has 0 N–H and O–H groups in total. The second-order valence-corrected chi connectivity index (χ2v) is 7.28. The molecule has 1 rings (SSSR count). The average Bonchev–Trinajstić information content (AvgIpc) is 2.57. The Balaban J connectivity index is 2.54. The van der Waals surface area contributed by atoms with Gasteiger partial charge >= 0.3 is 7.60 Å². The Labute approximate surface area is 88.1 Å². The fraction of sp³-hybridized carbons (Fsp3) is 0.556. The molecule has 0 saturated heterocycles. The molecule has 0 spiro atoms. The average molecular weight is 236 g/mol. The summed E-state index contributed by atoms with van der Waals surface area (Å²) in [6.07, 6.45) is 3.96. The lowest BCUT2D eigenvalue weighted by Gasteiger charge is -2.20. The molecule has 1 aliphatic rings. The van der Waals surface area contributed by atoms with E-state index in [0.717, 1.165) is 0 Å². The lowest BCUT2D eigenvalue weighted by Crippen LogP contribution is -1.99. The Morgan fingerprint density at radius 2 is 1.64 bits per heavy atom. The molecule has 5 heteroatoms. The first-order valence-corrected chi connectivity index (χ1v) is 8.08. The maximum Gasteiger partial charge on any atom is 0.339 e. The van der Waals surface area contributed by atoms with E-state index in [-0.39, 0.29) is 0 Å². The second-order valence-electron chi connectivity index (χ2n) is 2.79. The van der Waals surface area contributed by atoms with Gasteiger partial charge < -0.3 is 9.05 Å². The molecule has 0 bridgehead atoms. The molecule has 0 aliphatic carbocycles. The SMILES string of the molecule is CCOP(=O)(C[SH]1C=CC=C1)OCC. The van der Waals surface area contributed by atoms with Crippen LogP contribution in [0.4, 0.5) is 0 Å². The monoisotopic (exact) mass is 236 g/mol. The van der Waals surface area contributed by atoms with Crippen LogP contribution >= 0.6 is 18.5 Å². The van der Waals surface area contributed by atoms with Crippen LogP contribution in [0, 0.1) is 0 Å².